The number of aryl methyl sites for hydroxylation is 1. The van der Waals surface area contributed by atoms with Gasteiger partial charge in [0.25, 0.3) is 11.9 Å². The number of nitrogens with zero attached hydrogens (tertiary/aromatic N) is 5. The SMILES string of the molecule is COc1ccccc1C(=O)Nc1nnc2c3cc(S(=O)(=O)N4CCCC4)ccc3n(C)c2n1. The van der Waals surface area contributed by atoms with Gasteiger partial charge in [-0.3, -0.25) is 10.1 Å². The van der Waals surface area contributed by atoms with Gasteiger partial charge < -0.3 is 9.30 Å². The van der Waals surface area contributed by atoms with E-state index in [1.165, 1.54) is 11.4 Å². The summed E-state index contributed by atoms with van der Waals surface area (Å²) in [6.07, 6.45) is 1.74. The van der Waals surface area contributed by atoms with E-state index in [0.717, 1.165) is 18.4 Å². The Morgan fingerprint density at radius 3 is 2.61 bits per heavy atom. The van der Waals surface area contributed by atoms with Gasteiger partial charge in [-0.25, -0.2) is 8.42 Å². The van der Waals surface area contributed by atoms with Crippen LogP contribution >= 0.6 is 0 Å². The Kier molecular flexibility index (Phi) is 5.22. The minimum absolute atomic E-state index is 0.0363. The Hall–Kier alpha value is -3.57. The zero-order chi connectivity index (χ0) is 23.2. The minimum atomic E-state index is -3.56. The van der Waals surface area contributed by atoms with E-state index in [1.807, 2.05) is 0 Å². The number of sulfonamides is 1. The number of hydrogen-bond donors (Lipinski definition) is 1. The topological polar surface area (TPSA) is 119 Å². The lowest BCUT2D eigenvalue weighted by molar-refractivity contribution is 0.102. The van der Waals surface area contributed by atoms with Crippen molar-refractivity contribution in [1.29, 1.82) is 0 Å². The number of rotatable bonds is 5. The third-order valence-corrected chi connectivity index (χ3v) is 7.74. The molecule has 5 rings (SSSR count). The Labute approximate surface area is 190 Å². The number of aromatic nitrogens is 4. The fourth-order valence-corrected chi connectivity index (χ4v) is 5.67. The molecule has 2 aromatic heterocycles. The molecule has 11 heteroatoms. The number of benzene rings is 2. The van der Waals surface area contributed by atoms with Crippen LogP contribution in [0.15, 0.2) is 47.4 Å². The molecule has 1 N–H and O–H groups in total. The number of methoxy groups -OCH3 is 1. The first-order valence-electron chi connectivity index (χ1n) is 10.5. The molecule has 0 spiro atoms. The van der Waals surface area contributed by atoms with Crippen LogP contribution in [0.4, 0.5) is 5.95 Å². The Morgan fingerprint density at radius 1 is 1.09 bits per heavy atom. The molecule has 1 aliphatic rings. The van der Waals surface area contributed by atoms with Gasteiger partial charge in [0.05, 0.1) is 23.1 Å². The van der Waals surface area contributed by atoms with Crippen LogP contribution in [0.3, 0.4) is 0 Å². The van der Waals surface area contributed by atoms with Crippen molar-refractivity contribution < 1.29 is 17.9 Å². The highest BCUT2D eigenvalue weighted by molar-refractivity contribution is 7.89. The maximum absolute atomic E-state index is 13.0. The van der Waals surface area contributed by atoms with E-state index in [-0.39, 0.29) is 10.8 Å². The van der Waals surface area contributed by atoms with Crippen molar-refractivity contribution in [2.75, 3.05) is 25.5 Å². The molecule has 0 radical (unpaired) electrons. The molecule has 0 saturated carbocycles. The monoisotopic (exact) mass is 466 g/mol. The second-order valence-corrected chi connectivity index (χ2v) is 9.75. The number of fused-ring (bicyclic) bond motifs is 3. The number of amides is 1. The van der Waals surface area contributed by atoms with Crippen LogP contribution in [0.25, 0.3) is 22.1 Å². The summed E-state index contributed by atoms with van der Waals surface area (Å²) in [6.45, 7) is 1.07. The van der Waals surface area contributed by atoms with Crippen molar-refractivity contribution in [2.45, 2.75) is 17.7 Å². The molecular formula is C22H22N6O4S. The average molecular weight is 467 g/mol. The van der Waals surface area contributed by atoms with Crippen LogP contribution in [-0.4, -0.2) is 58.6 Å². The molecule has 1 aliphatic heterocycles. The van der Waals surface area contributed by atoms with E-state index in [4.69, 9.17) is 4.74 Å². The summed E-state index contributed by atoms with van der Waals surface area (Å²) in [5.41, 5.74) is 2.05. The minimum Gasteiger partial charge on any atom is -0.496 e. The van der Waals surface area contributed by atoms with Crippen LogP contribution in [0, 0.1) is 0 Å². The summed E-state index contributed by atoms with van der Waals surface area (Å²) in [5, 5.41) is 11.6. The van der Waals surface area contributed by atoms with Gasteiger partial charge in [-0.15, -0.1) is 10.2 Å². The zero-order valence-corrected chi connectivity index (χ0v) is 19.0. The molecule has 33 heavy (non-hydrogen) atoms. The van der Waals surface area contributed by atoms with Crippen LogP contribution in [-0.2, 0) is 17.1 Å². The zero-order valence-electron chi connectivity index (χ0n) is 18.1. The molecule has 0 unspecified atom stereocenters. The quantitative estimate of drug-likeness (QED) is 0.480. The van der Waals surface area contributed by atoms with Crippen LogP contribution < -0.4 is 10.1 Å². The van der Waals surface area contributed by atoms with E-state index in [0.29, 0.717) is 41.0 Å². The maximum Gasteiger partial charge on any atom is 0.261 e. The Bertz CT molecular complexity index is 1490. The molecular weight excluding hydrogens is 444 g/mol. The van der Waals surface area contributed by atoms with Gasteiger partial charge in [0.15, 0.2) is 5.65 Å². The average Bonchev–Trinajstić information content (AvgIpc) is 3.47. The summed E-state index contributed by atoms with van der Waals surface area (Å²) in [7, 11) is -0.269. The van der Waals surface area contributed by atoms with Crippen LogP contribution in [0.5, 0.6) is 5.75 Å². The first kappa shape index (κ1) is 21.3. The third-order valence-electron chi connectivity index (χ3n) is 5.85. The van der Waals surface area contributed by atoms with Crippen molar-refractivity contribution in [2.24, 2.45) is 7.05 Å². The van der Waals surface area contributed by atoms with E-state index in [9.17, 15) is 13.2 Å². The predicted molar refractivity (Wildman–Crippen MR) is 123 cm³/mol. The molecule has 0 bridgehead atoms. The van der Waals surface area contributed by atoms with E-state index in [1.54, 1.807) is 54.1 Å². The number of hydrogen-bond acceptors (Lipinski definition) is 7. The molecule has 170 valence electrons. The van der Waals surface area contributed by atoms with Gasteiger partial charge in [-0.05, 0) is 43.2 Å². The molecule has 1 saturated heterocycles. The first-order chi connectivity index (χ1) is 15.9. The Morgan fingerprint density at radius 2 is 1.85 bits per heavy atom. The number of nitrogens with one attached hydrogen (secondary N) is 1. The van der Waals surface area contributed by atoms with Gasteiger partial charge >= 0.3 is 0 Å². The molecule has 2 aromatic carbocycles. The Balaban J connectivity index is 1.53. The number of carbonyl (C=O) groups excluding carboxylic acids is 1. The molecule has 0 aliphatic carbocycles. The maximum atomic E-state index is 13.0. The lowest BCUT2D eigenvalue weighted by atomic mass is 10.2. The van der Waals surface area contributed by atoms with Gasteiger partial charge in [0.1, 0.15) is 11.3 Å². The molecule has 1 amide bonds. The summed E-state index contributed by atoms with van der Waals surface area (Å²) in [5.74, 6) is 0.0426. The van der Waals surface area contributed by atoms with Crippen LogP contribution in [0.1, 0.15) is 23.2 Å². The van der Waals surface area contributed by atoms with Crippen molar-refractivity contribution in [3.05, 3.63) is 48.0 Å². The highest BCUT2D eigenvalue weighted by Gasteiger charge is 2.28. The lowest BCUT2D eigenvalue weighted by Gasteiger charge is -2.15. The predicted octanol–water partition coefficient (Wildman–Crippen LogP) is 2.56. The summed E-state index contributed by atoms with van der Waals surface area (Å²) in [4.78, 5) is 17.4. The van der Waals surface area contributed by atoms with Crippen molar-refractivity contribution in [3.8, 4) is 5.75 Å². The highest BCUT2D eigenvalue weighted by Crippen LogP contribution is 2.30. The second-order valence-electron chi connectivity index (χ2n) is 7.81. The highest BCUT2D eigenvalue weighted by atomic mass is 32.2. The summed E-state index contributed by atoms with van der Waals surface area (Å²) in [6, 6.07) is 11.8. The number of para-hydroxylation sites is 1. The molecule has 10 nitrogen and oxygen atoms in total. The molecule has 1 fully saturated rings. The van der Waals surface area contributed by atoms with Crippen molar-refractivity contribution in [1.82, 2.24) is 24.1 Å². The third kappa shape index (κ3) is 3.58. The van der Waals surface area contributed by atoms with Crippen molar-refractivity contribution in [3.63, 3.8) is 0 Å². The smallest absolute Gasteiger partial charge is 0.261 e. The van der Waals surface area contributed by atoms with E-state index >= 15 is 0 Å². The fourth-order valence-electron chi connectivity index (χ4n) is 4.13. The number of ether oxygens (including phenoxy) is 1. The van der Waals surface area contributed by atoms with Gasteiger partial charge in [0.2, 0.25) is 10.0 Å². The molecule has 0 atom stereocenters. The lowest BCUT2D eigenvalue weighted by Crippen LogP contribution is -2.27. The van der Waals surface area contributed by atoms with Crippen molar-refractivity contribution >= 4 is 43.9 Å². The van der Waals surface area contributed by atoms with E-state index < -0.39 is 15.9 Å². The largest absolute Gasteiger partial charge is 0.496 e. The molecule has 4 aromatic rings. The first-order valence-corrected chi connectivity index (χ1v) is 11.9. The normalized spacial score (nSPS) is 14.7. The fraction of sp³-hybridized carbons (Fsp3) is 0.273. The number of anilines is 1. The summed E-state index contributed by atoms with van der Waals surface area (Å²) >= 11 is 0. The van der Waals surface area contributed by atoms with Crippen LogP contribution in [0.2, 0.25) is 0 Å². The molecule has 3 heterocycles. The van der Waals surface area contributed by atoms with Gasteiger partial charge in [0, 0.05) is 25.5 Å². The standard InChI is InChI=1S/C22H22N6O4S/c1-27-17-10-9-14(33(30,31)28-11-5-6-12-28)13-16(17)19-20(27)23-22(26-25-19)24-21(29)15-7-3-4-8-18(15)32-2/h3-4,7-10,13H,5-6,11-12H2,1-2H3,(H,23,24,26,29). The summed E-state index contributed by atoms with van der Waals surface area (Å²) < 4.78 is 34.5. The number of carbonyl (C=O) groups is 1. The van der Waals surface area contributed by atoms with Gasteiger partial charge in [-0.1, -0.05) is 12.1 Å². The van der Waals surface area contributed by atoms with E-state index in [2.05, 4.69) is 20.5 Å². The van der Waals surface area contributed by atoms with Gasteiger partial charge in [-0.2, -0.15) is 9.29 Å². The second kappa shape index (κ2) is 8.09.